The van der Waals surface area contributed by atoms with E-state index in [0.29, 0.717) is 0 Å². The maximum absolute atomic E-state index is 11.2. The first kappa shape index (κ1) is 15.7. The number of nitro groups is 1. The Kier molecular flexibility index (Phi) is 4.49. The van der Waals surface area contributed by atoms with Crippen molar-refractivity contribution in [3.8, 4) is 0 Å². The lowest BCUT2D eigenvalue weighted by molar-refractivity contribution is -0.389. The largest absolute Gasteiger partial charge is 0.322 e. The number of hydrogen-bond donors (Lipinski definition) is 0. The van der Waals surface area contributed by atoms with Crippen LogP contribution in [0.25, 0.3) is 0 Å². The van der Waals surface area contributed by atoms with Gasteiger partial charge < -0.3 is 0 Å². The molecular weight excluding hydrogens is 310 g/mol. The van der Waals surface area contributed by atoms with Gasteiger partial charge in [0.2, 0.25) is 5.28 Å². The van der Waals surface area contributed by atoms with Crippen molar-refractivity contribution in [2.24, 2.45) is 0 Å². The fraction of sp³-hybridized carbons (Fsp3) is 0.286. The number of aromatic nitrogens is 2. The first-order valence-corrected chi connectivity index (χ1v) is 7.43. The molecule has 0 fully saturated rings. The lowest BCUT2D eigenvalue weighted by Gasteiger charge is -2.11. The highest BCUT2D eigenvalue weighted by Crippen LogP contribution is 2.38. The van der Waals surface area contributed by atoms with Crippen LogP contribution in [0.5, 0.6) is 0 Å². The van der Waals surface area contributed by atoms with Crippen LogP contribution in [0, 0.1) is 37.8 Å². The van der Waals surface area contributed by atoms with Crippen LogP contribution >= 0.6 is 23.4 Å². The summed E-state index contributed by atoms with van der Waals surface area (Å²) in [6, 6.07) is 4.08. The molecule has 0 aliphatic carbocycles. The predicted molar refractivity (Wildman–Crippen MR) is 83.2 cm³/mol. The molecule has 0 aliphatic heterocycles. The molecule has 1 aromatic heterocycles. The van der Waals surface area contributed by atoms with Crippen LogP contribution in [-0.4, -0.2) is 14.9 Å². The Morgan fingerprint density at radius 1 is 1.14 bits per heavy atom. The molecular formula is C14H14ClN3O2S. The van der Waals surface area contributed by atoms with Crippen LogP contribution in [0.4, 0.5) is 5.69 Å². The second-order valence-corrected chi connectivity index (χ2v) is 6.16. The molecule has 2 rings (SSSR count). The summed E-state index contributed by atoms with van der Waals surface area (Å²) < 4.78 is 0. The summed E-state index contributed by atoms with van der Waals surface area (Å²) in [7, 11) is 0. The van der Waals surface area contributed by atoms with Crippen LogP contribution in [0.1, 0.15) is 22.4 Å². The summed E-state index contributed by atoms with van der Waals surface area (Å²) in [5.41, 5.74) is 3.44. The quantitative estimate of drug-likeness (QED) is 0.362. The monoisotopic (exact) mass is 323 g/mol. The first-order chi connectivity index (χ1) is 9.79. The second-order valence-electron chi connectivity index (χ2n) is 4.82. The number of nitrogens with zero attached hydrogens (tertiary/aromatic N) is 3. The SMILES string of the molecule is Cc1cc(C)c(Sc2nc(Cl)nc(C)c2[N+](=O)[O-])c(C)c1. The molecule has 21 heavy (non-hydrogen) atoms. The van der Waals surface area contributed by atoms with Gasteiger partial charge in [-0.25, -0.2) is 9.97 Å². The molecule has 0 atom stereocenters. The van der Waals surface area contributed by atoms with Gasteiger partial charge in [0.15, 0.2) is 5.03 Å². The number of benzene rings is 1. The summed E-state index contributed by atoms with van der Waals surface area (Å²) >= 11 is 7.10. The highest BCUT2D eigenvalue weighted by atomic mass is 35.5. The van der Waals surface area contributed by atoms with E-state index in [2.05, 4.69) is 9.97 Å². The normalized spacial score (nSPS) is 10.7. The van der Waals surface area contributed by atoms with Gasteiger partial charge in [-0.15, -0.1) is 0 Å². The molecule has 7 heteroatoms. The van der Waals surface area contributed by atoms with E-state index < -0.39 is 4.92 Å². The van der Waals surface area contributed by atoms with Crippen LogP contribution < -0.4 is 0 Å². The van der Waals surface area contributed by atoms with Crippen molar-refractivity contribution >= 4 is 29.1 Å². The molecule has 0 saturated carbocycles. The minimum absolute atomic E-state index is 0.0167. The van der Waals surface area contributed by atoms with E-state index in [4.69, 9.17) is 11.6 Å². The summed E-state index contributed by atoms with van der Waals surface area (Å²) in [4.78, 5) is 19.6. The Labute approximate surface area is 131 Å². The third-order valence-electron chi connectivity index (χ3n) is 2.99. The van der Waals surface area contributed by atoms with Crippen LogP contribution in [0.3, 0.4) is 0 Å². The lowest BCUT2D eigenvalue weighted by atomic mass is 10.1. The van der Waals surface area contributed by atoms with Gasteiger partial charge in [-0.1, -0.05) is 29.5 Å². The van der Waals surface area contributed by atoms with Gasteiger partial charge >= 0.3 is 5.69 Å². The molecule has 0 unspecified atom stereocenters. The Bertz CT molecular complexity index is 711. The molecule has 0 bridgehead atoms. The van der Waals surface area contributed by atoms with Crippen molar-refractivity contribution in [3.63, 3.8) is 0 Å². The molecule has 1 heterocycles. The lowest BCUT2D eigenvalue weighted by Crippen LogP contribution is -2.01. The number of aryl methyl sites for hydroxylation is 4. The molecule has 1 aromatic carbocycles. The highest BCUT2D eigenvalue weighted by Gasteiger charge is 2.23. The van der Waals surface area contributed by atoms with Gasteiger partial charge in [0.25, 0.3) is 0 Å². The van der Waals surface area contributed by atoms with Crippen molar-refractivity contribution < 1.29 is 4.92 Å². The van der Waals surface area contributed by atoms with Crippen LogP contribution in [-0.2, 0) is 0 Å². The Morgan fingerprint density at radius 2 is 1.71 bits per heavy atom. The molecule has 0 radical (unpaired) electrons. The van der Waals surface area contributed by atoms with E-state index in [9.17, 15) is 10.1 Å². The average molecular weight is 324 g/mol. The molecule has 2 aromatic rings. The smallest absolute Gasteiger partial charge is 0.258 e. The Morgan fingerprint density at radius 3 is 2.24 bits per heavy atom. The van der Waals surface area contributed by atoms with Gasteiger partial charge in [-0.2, -0.15) is 0 Å². The minimum Gasteiger partial charge on any atom is -0.258 e. The summed E-state index contributed by atoms with van der Waals surface area (Å²) in [5, 5.41) is 11.5. The van der Waals surface area contributed by atoms with E-state index in [1.54, 1.807) is 6.92 Å². The van der Waals surface area contributed by atoms with Crippen molar-refractivity contribution in [1.82, 2.24) is 9.97 Å². The predicted octanol–water partition coefficient (Wildman–Crippen LogP) is 4.42. The van der Waals surface area contributed by atoms with E-state index in [1.165, 1.54) is 11.8 Å². The molecule has 0 amide bonds. The Balaban J connectivity index is 2.57. The zero-order chi connectivity index (χ0) is 15.7. The van der Waals surface area contributed by atoms with Crippen molar-refractivity contribution in [3.05, 3.63) is 49.9 Å². The molecule has 0 N–H and O–H groups in total. The standard InChI is InChI=1S/C14H14ClN3O2S/c1-7-5-8(2)12(9(3)6-7)21-13-11(18(19)20)10(4)16-14(15)17-13/h5-6H,1-4H3. The van der Waals surface area contributed by atoms with E-state index in [1.807, 2.05) is 32.9 Å². The van der Waals surface area contributed by atoms with Gasteiger partial charge in [-0.05, 0) is 50.4 Å². The number of halogens is 1. The van der Waals surface area contributed by atoms with Crippen molar-refractivity contribution in [2.45, 2.75) is 37.6 Å². The van der Waals surface area contributed by atoms with Crippen molar-refractivity contribution in [1.29, 1.82) is 0 Å². The van der Waals surface area contributed by atoms with Gasteiger partial charge in [0.05, 0.1) is 4.92 Å². The minimum atomic E-state index is -0.465. The van der Waals surface area contributed by atoms with E-state index in [-0.39, 0.29) is 21.7 Å². The van der Waals surface area contributed by atoms with E-state index >= 15 is 0 Å². The number of hydrogen-bond acceptors (Lipinski definition) is 5. The molecule has 0 aliphatic rings. The Hall–Kier alpha value is -1.66. The second kappa shape index (κ2) is 5.99. The zero-order valence-corrected chi connectivity index (χ0v) is 13.7. The third kappa shape index (κ3) is 3.33. The molecule has 0 saturated heterocycles. The fourth-order valence-corrected chi connectivity index (χ4v) is 3.56. The first-order valence-electron chi connectivity index (χ1n) is 6.24. The highest BCUT2D eigenvalue weighted by molar-refractivity contribution is 7.99. The van der Waals surface area contributed by atoms with Crippen LogP contribution in [0.15, 0.2) is 22.1 Å². The maximum atomic E-state index is 11.2. The van der Waals surface area contributed by atoms with Crippen LogP contribution in [0.2, 0.25) is 5.28 Å². The molecule has 110 valence electrons. The summed E-state index contributed by atoms with van der Waals surface area (Å²) in [5.74, 6) is 0. The fourth-order valence-electron chi connectivity index (χ4n) is 2.21. The maximum Gasteiger partial charge on any atom is 0.322 e. The molecule has 5 nitrogen and oxygen atoms in total. The summed E-state index contributed by atoms with van der Waals surface area (Å²) in [6.07, 6.45) is 0. The topological polar surface area (TPSA) is 68.9 Å². The third-order valence-corrected chi connectivity index (χ3v) is 4.48. The van der Waals surface area contributed by atoms with Gasteiger partial charge in [-0.3, -0.25) is 10.1 Å². The number of rotatable bonds is 3. The summed E-state index contributed by atoms with van der Waals surface area (Å²) in [6.45, 7) is 7.53. The van der Waals surface area contributed by atoms with E-state index in [0.717, 1.165) is 21.6 Å². The zero-order valence-electron chi connectivity index (χ0n) is 12.1. The van der Waals surface area contributed by atoms with Crippen molar-refractivity contribution in [2.75, 3.05) is 0 Å². The van der Waals surface area contributed by atoms with Gasteiger partial charge in [0.1, 0.15) is 5.69 Å². The molecule has 0 spiro atoms. The van der Waals surface area contributed by atoms with Gasteiger partial charge in [0, 0.05) is 4.90 Å². The average Bonchev–Trinajstić information content (AvgIpc) is 2.32.